The van der Waals surface area contributed by atoms with Crippen LogP contribution in [0.2, 0.25) is 0 Å². The van der Waals surface area contributed by atoms with Gasteiger partial charge in [-0.25, -0.2) is 9.78 Å². The molecule has 0 saturated carbocycles. The molecule has 0 aliphatic rings. The molecule has 8 nitrogen and oxygen atoms in total. The summed E-state index contributed by atoms with van der Waals surface area (Å²) in [5, 5.41) is 2.92. The van der Waals surface area contributed by atoms with Gasteiger partial charge in [0, 0.05) is 26.8 Å². The summed E-state index contributed by atoms with van der Waals surface area (Å²) >= 11 is 0. The average Bonchev–Trinajstić information content (AvgIpc) is 2.50. The number of nitrogens with two attached hydrogens (primary N) is 1. The molecule has 0 aliphatic carbocycles. The molecule has 0 aliphatic heterocycles. The Labute approximate surface area is 120 Å². The van der Waals surface area contributed by atoms with Gasteiger partial charge in [-0.05, 0) is 19.0 Å². The summed E-state index contributed by atoms with van der Waals surface area (Å²) < 4.78 is 2.26. The predicted octanol–water partition coefficient (Wildman–Crippen LogP) is -1.29. The molecule has 1 amide bonds. The molecule has 3 N–H and O–H groups in total. The first-order chi connectivity index (χ1) is 9.97. The number of amides is 1. The number of hydrogen-bond donors (Lipinski definition) is 2. The van der Waals surface area contributed by atoms with Crippen LogP contribution in [0.1, 0.15) is 16.8 Å². The van der Waals surface area contributed by atoms with Gasteiger partial charge < -0.3 is 11.1 Å². The number of nitrogens with zero attached hydrogens (tertiary/aromatic N) is 3. The Bertz CT molecular complexity index is 806. The van der Waals surface area contributed by atoms with Crippen LogP contribution in [-0.4, -0.2) is 33.1 Å². The number of hydrogen-bond acceptors (Lipinski definition) is 5. The third-order valence-corrected chi connectivity index (χ3v) is 3.22. The van der Waals surface area contributed by atoms with Gasteiger partial charge in [-0.1, -0.05) is 0 Å². The molecular formula is C13H17N5O3. The van der Waals surface area contributed by atoms with Crippen LogP contribution >= 0.6 is 0 Å². The molecule has 0 radical (unpaired) electrons. The topological polar surface area (TPSA) is 112 Å². The second kappa shape index (κ2) is 5.88. The van der Waals surface area contributed by atoms with Gasteiger partial charge >= 0.3 is 5.69 Å². The molecule has 2 heterocycles. The highest BCUT2D eigenvalue weighted by molar-refractivity contribution is 5.96. The molecule has 2 aromatic rings. The fraction of sp³-hybridized carbons (Fsp3) is 0.385. The predicted molar refractivity (Wildman–Crippen MR) is 78.2 cm³/mol. The van der Waals surface area contributed by atoms with Crippen molar-refractivity contribution in [1.82, 2.24) is 19.4 Å². The Morgan fingerprint density at radius 2 is 2.05 bits per heavy atom. The molecule has 0 spiro atoms. The first kappa shape index (κ1) is 14.9. The number of pyridine rings is 1. The molecule has 2 aromatic heterocycles. The van der Waals surface area contributed by atoms with Gasteiger partial charge in [-0.2, -0.15) is 0 Å². The zero-order chi connectivity index (χ0) is 15.6. The van der Waals surface area contributed by atoms with E-state index in [1.807, 2.05) is 0 Å². The third kappa shape index (κ3) is 2.70. The third-order valence-electron chi connectivity index (χ3n) is 3.22. The van der Waals surface area contributed by atoms with Gasteiger partial charge in [0.05, 0.1) is 10.9 Å². The zero-order valence-corrected chi connectivity index (χ0v) is 11.9. The lowest BCUT2D eigenvalue weighted by atomic mass is 10.2. The van der Waals surface area contributed by atoms with Crippen molar-refractivity contribution in [2.45, 2.75) is 6.42 Å². The molecule has 0 bridgehead atoms. The van der Waals surface area contributed by atoms with E-state index in [-0.39, 0.29) is 22.5 Å². The van der Waals surface area contributed by atoms with Crippen LogP contribution in [0.5, 0.6) is 0 Å². The van der Waals surface area contributed by atoms with E-state index in [1.165, 1.54) is 30.9 Å². The fourth-order valence-corrected chi connectivity index (χ4v) is 2.00. The molecule has 0 atom stereocenters. The molecule has 8 heteroatoms. The average molecular weight is 291 g/mol. The van der Waals surface area contributed by atoms with Crippen molar-refractivity contribution in [2.75, 3.05) is 13.1 Å². The molecular weight excluding hydrogens is 274 g/mol. The van der Waals surface area contributed by atoms with E-state index in [9.17, 15) is 14.4 Å². The lowest BCUT2D eigenvalue weighted by molar-refractivity contribution is 0.0953. The first-order valence-corrected chi connectivity index (χ1v) is 6.51. The summed E-state index contributed by atoms with van der Waals surface area (Å²) in [6.07, 6.45) is 2.02. The van der Waals surface area contributed by atoms with Crippen molar-refractivity contribution in [3.63, 3.8) is 0 Å². The van der Waals surface area contributed by atoms with E-state index in [4.69, 9.17) is 5.73 Å². The minimum Gasteiger partial charge on any atom is -0.352 e. The zero-order valence-electron chi connectivity index (χ0n) is 11.9. The van der Waals surface area contributed by atoms with Crippen molar-refractivity contribution < 1.29 is 4.79 Å². The number of nitrogens with one attached hydrogen (secondary N) is 1. The first-order valence-electron chi connectivity index (χ1n) is 6.51. The molecule has 0 saturated heterocycles. The number of fused-ring (bicyclic) bond motifs is 1. The number of aromatic nitrogens is 3. The van der Waals surface area contributed by atoms with Crippen LogP contribution in [0.3, 0.4) is 0 Å². The number of aryl methyl sites for hydroxylation is 1. The van der Waals surface area contributed by atoms with E-state index < -0.39 is 11.2 Å². The lowest BCUT2D eigenvalue weighted by Crippen LogP contribution is -2.37. The standard InChI is InChI=1S/C13H17N5O3/c1-17-10-9(12(20)18(2)13(17)21)6-8(7-16-10)11(19)15-5-3-4-14/h6-7H,3-5,14H2,1-2H3,(H,15,19). The highest BCUT2D eigenvalue weighted by Crippen LogP contribution is 2.07. The largest absolute Gasteiger partial charge is 0.352 e. The van der Waals surface area contributed by atoms with Gasteiger partial charge in [0.1, 0.15) is 5.65 Å². The van der Waals surface area contributed by atoms with Crippen molar-refractivity contribution in [3.05, 3.63) is 38.7 Å². The highest BCUT2D eigenvalue weighted by Gasteiger charge is 2.13. The Morgan fingerprint density at radius 3 is 2.71 bits per heavy atom. The van der Waals surface area contributed by atoms with Crippen molar-refractivity contribution >= 4 is 16.9 Å². The van der Waals surface area contributed by atoms with Crippen LogP contribution in [0.25, 0.3) is 11.0 Å². The van der Waals surface area contributed by atoms with Gasteiger partial charge in [0.25, 0.3) is 11.5 Å². The van der Waals surface area contributed by atoms with E-state index >= 15 is 0 Å². The van der Waals surface area contributed by atoms with Crippen LogP contribution in [0.15, 0.2) is 21.9 Å². The second-order valence-electron chi connectivity index (χ2n) is 4.70. The van der Waals surface area contributed by atoms with Gasteiger partial charge in [-0.3, -0.25) is 18.7 Å². The van der Waals surface area contributed by atoms with Gasteiger partial charge in [0.2, 0.25) is 0 Å². The summed E-state index contributed by atoms with van der Waals surface area (Å²) in [4.78, 5) is 39.9. The van der Waals surface area contributed by atoms with Gasteiger partial charge in [0.15, 0.2) is 0 Å². The summed E-state index contributed by atoms with van der Waals surface area (Å²) in [6.45, 7) is 0.942. The molecule has 112 valence electrons. The summed E-state index contributed by atoms with van der Waals surface area (Å²) in [7, 11) is 2.91. The second-order valence-corrected chi connectivity index (χ2v) is 4.70. The lowest BCUT2D eigenvalue weighted by Gasteiger charge is -2.08. The maximum absolute atomic E-state index is 12.1. The highest BCUT2D eigenvalue weighted by atomic mass is 16.2. The monoisotopic (exact) mass is 291 g/mol. The molecule has 0 unspecified atom stereocenters. The van der Waals surface area contributed by atoms with Crippen molar-refractivity contribution in [1.29, 1.82) is 0 Å². The van der Waals surface area contributed by atoms with Crippen LogP contribution in [0.4, 0.5) is 0 Å². The molecule has 2 rings (SSSR count). The normalized spacial score (nSPS) is 10.8. The van der Waals surface area contributed by atoms with E-state index in [2.05, 4.69) is 10.3 Å². The molecule has 0 fully saturated rings. The quantitative estimate of drug-likeness (QED) is 0.681. The Morgan fingerprint density at radius 1 is 1.33 bits per heavy atom. The fourth-order valence-electron chi connectivity index (χ4n) is 2.00. The Balaban J connectivity index is 2.50. The Kier molecular flexibility index (Phi) is 4.18. The smallest absolute Gasteiger partial charge is 0.332 e. The molecule has 21 heavy (non-hydrogen) atoms. The number of carbonyl (C=O) groups is 1. The van der Waals surface area contributed by atoms with E-state index in [0.717, 1.165) is 4.57 Å². The SMILES string of the molecule is Cn1c(=O)c2cc(C(=O)NCCCN)cnc2n(C)c1=O. The Hall–Kier alpha value is -2.48. The van der Waals surface area contributed by atoms with Crippen LogP contribution < -0.4 is 22.3 Å². The van der Waals surface area contributed by atoms with E-state index in [1.54, 1.807) is 0 Å². The minimum atomic E-state index is -0.475. The minimum absolute atomic E-state index is 0.228. The van der Waals surface area contributed by atoms with Crippen molar-refractivity contribution in [3.8, 4) is 0 Å². The van der Waals surface area contributed by atoms with E-state index in [0.29, 0.717) is 19.5 Å². The summed E-state index contributed by atoms with van der Waals surface area (Å²) in [5.74, 6) is -0.325. The summed E-state index contributed by atoms with van der Waals surface area (Å²) in [5.41, 5.74) is 4.95. The maximum Gasteiger partial charge on any atom is 0.332 e. The van der Waals surface area contributed by atoms with Crippen LogP contribution in [0, 0.1) is 0 Å². The summed E-state index contributed by atoms with van der Waals surface area (Å²) in [6, 6.07) is 1.45. The number of rotatable bonds is 4. The van der Waals surface area contributed by atoms with Gasteiger partial charge in [-0.15, -0.1) is 0 Å². The number of carbonyl (C=O) groups excluding carboxylic acids is 1. The maximum atomic E-state index is 12.1. The molecule has 0 aromatic carbocycles. The van der Waals surface area contributed by atoms with Crippen LogP contribution in [-0.2, 0) is 14.1 Å². The van der Waals surface area contributed by atoms with Crippen molar-refractivity contribution in [2.24, 2.45) is 19.8 Å².